The molecule has 0 heterocycles. The van der Waals surface area contributed by atoms with Crippen molar-refractivity contribution in [2.45, 2.75) is 20.3 Å². The third-order valence-electron chi connectivity index (χ3n) is 2.58. The Kier molecular flexibility index (Phi) is 4.58. The Balaban J connectivity index is 3.13. The van der Waals surface area contributed by atoms with Crippen LogP contribution in [0.25, 0.3) is 0 Å². The highest BCUT2D eigenvalue weighted by molar-refractivity contribution is 6.32. The predicted octanol–water partition coefficient (Wildman–Crippen LogP) is 3.15. The molecule has 0 fully saturated rings. The summed E-state index contributed by atoms with van der Waals surface area (Å²) in [6.45, 7) is 3.82. The summed E-state index contributed by atoms with van der Waals surface area (Å²) >= 11 is 6.16. The molecule has 0 amide bonds. The molecule has 0 unspecified atom stereocenters. The van der Waals surface area contributed by atoms with E-state index in [-0.39, 0.29) is 0 Å². The standard InChI is InChI=1S/C13H15ClO3/c1-8-7-11(17-3)10(9(2)13(8)14)5-4-6-12(15)16/h4,6-7H,5H2,1-3H3,(H,15,16)/b6-4+. The van der Waals surface area contributed by atoms with Gasteiger partial charge in [-0.15, -0.1) is 0 Å². The normalized spacial score (nSPS) is 10.8. The Morgan fingerprint density at radius 3 is 2.71 bits per heavy atom. The van der Waals surface area contributed by atoms with E-state index in [1.54, 1.807) is 13.2 Å². The average molecular weight is 255 g/mol. The van der Waals surface area contributed by atoms with E-state index in [1.165, 1.54) is 0 Å². The van der Waals surface area contributed by atoms with Crippen molar-refractivity contribution in [2.24, 2.45) is 0 Å². The molecule has 0 aliphatic rings. The van der Waals surface area contributed by atoms with Gasteiger partial charge in [-0.3, -0.25) is 0 Å². The van der Waals surface area contributed by atoms with Crippen LogP contribution in [0.5, 0.6) is 5.75 Å². The maximum absolute atomic E-state index is 10.4. The van der Waals surface area contributed by atoms with E-state index in [0.29, 0.717) is 11.4 Å². The fourth-order valence-corrected chi connectivity index (χ4v) is 1.84. The van der Waals surface area contributed by atoms with Crippen LogP contribution in [0.1, 0.15) is 16.7 Å². The van der Waals surface area contributed by atoms with Crippen LogP contribution in [0.3, 0.4) is 0 Å². The van der Waals surface area contributed by atoms with Crippen molar-refractivity contribution >= 4 is 17.6 Å². The lowest BCUT2D eigenvalue weighted by Gasteiger charge is -2.13. The minimum Gasteiger partial charge on any atom is -0.496 e. The summed E-state index contributed by atoms with van der Waals surface area (Å²) in [6.07, 6.45) is 3.19. The van der Waals surface area contributed by atoms with Crippen LogP contribution in [-0.2, 0) is 11.2 Å². The first-order chi connectivity index (χ1) is 7.97. The number of carbonyl (C=O) groups is 1. The number of allylic oxidation sites excluding steroid dienone is 1. The molecule has 1 aromatic rings. The number of halogens is 1. The van der Waals surface area contributed by atoms with E-state index in [2.05, 4.69) is 0 Å². The molecule has 1 rings (SSSR count). The topological polar surface area (TPSA) is 46.5 Å². The number of aliphatic carboxylic acids is 1. The third-order valence-corrected chi connectivity index (χ3v) is 3.16. The smallest absolute Gasteiger partial charge is 0.327 e. The number of methoxy groups -OCH3 is 1. The van der Waals surface area contributed by atoms with Crippen LogP contribution in [0, 0.1) is 13.8 Å². The number of ether oxygens (including phenoxy) is 1. The van der Waals surface area contributed by atoms with Crippen molar-refractivity contribution in [3.8, 4) is 5.75 Å². The Morgan fingerprint density at radius 1 is 1.53 bits per heavy atom. The van der Waals surface area contributed by atoms with Gasteiger partial charge in [0.1, 0.15) is 5.75 Å². The Labute approximate surface area is 106 Å². The number of benzene rings is 1. The van der Waals surface area contributed by atoms with Gasteiger partial charge in [0.2, 0.25) is 0 Å². The predicted molar refractivity (Wildman–Crippen MR) is 68.0 cm³/mol. The van der Waals surface area contributed by atoms with E-state index in [4.69, 9.17) is 21.4 Å². The molecule has 0 bridgehead atoms. The van der Waals surface area contributed by atoms with Crippen molar-refractivity contribution in [3.63, 3.8) is 0 Å². The van der Waals surface area contributed by atoms with Gasteiger partial charge in [0.25, 0.3) is 0 Å². The van der Waals surface area contributed by atoms with Gasteiger partial charge < -0.3 is 9.84 Å². The number of hydrogen-bond donors (Lipinski definition) is 1. The molecule has 0 aliphatic heterocycles. The monoisotopic (exact) mass is 254 g/mol. The SMILES string of the molecule is COc1cc(C)c(Cl)c(C)c1C/C=C/C(=O)O. The molecule has 17 heavy (non-hydrogen) atoms. The van der Waals surface area contributed by atoms with Gasteiger partial charge in [0, 0.05) is 16.7 Å². The molecule has 0 spiro atoms. The van der Waals surface area contributed by atoms with Crippen LogP contribution in [-0.4, -0.2) is 18.2 Å². The van der Waals surface area contributed by atoms with E-state index in [9.17, 15) is 4.79 Å². The lowest BCUT2D eigenvalue weighted by molar-refractivity contribution is -0.131. The maximum Gasteiger partial charge on any atom is 0.327 e. The highest BCUT2D eigenvalue weighted by Gasteiger charge is 2.11. The molecule has 0 atom stereocenters. The number of rotatable bonds is 4. The number of carboxylic acid groups (broad SMARTS) is 1. The van der Waals surface area contributed by atoms with Crippen molar-refractivity contribution in [3.05, 3.63) is 39.9 Å². The third kappa shape index (κ3) is 3.24. The minimum absolute atomic E-state index is 0.487. The zero-order chi connectivity index (χ0) is 13.0. The molecular formula is C13H15ClO3. The van der Waals surface area contributed by atoms with Gasteiger partial charge >= 0.3 is 5.97 Å². The average Bonchev–Trinajstić information content (AvgIpc) is 2.28. The molecule has 0 aliphatic carbocycles. The summed E-state index contributed by atoms with van der Waals surface area (Å²) < 4.78 is 5.28. The van der Waals surface area contributed by atoms with Crippen LogP contribution in [0.15, 0.2) is 18.2 Å². The molecule has 1 aromatic carbocycles. The molecule has 1 N–H and O–H groups in total. The van der Waals surface area contributed by atoms with E-state index in [1.807, 2.05) is 19.9 Å². The number of hydrogen-bond acceptors (Lipinski definition) is 2. The fourth-order valence-electron chi connectivity index (χ4n) is 1.67. The molecule has 0 aromatic heterocycles. The second kappa shape index (κ2) is 5.73. The summed E-state index contributed by atoms with van der Waals surface area (Å²) in [6, 6.07) is 1.86. The lowest BCUT2D eigenvalue weighted by Crippen LogP contribution is -1.97. The number of aryl methyl sites for hydroxylation is 1. The maximum atomic E-state index is 10.4. The Hall–Kier alpha value is -1.48. The zero-order valence-corrected chi connectivity index (χ0v) is 10.8. The van der Waals surface area contributed by atoms with Crippen molar-refractivity contribution in [1.29, 1.82) is 0 Å². The Bertz CT molecular complexity index is 464. The molecule has 4 heteroatoms. The van der Waals surface area contributed by atoms with Gasteiger partial charge in [-0.25, -0.2) is 4.79 Å². The van der Waals surface area contributed by atoms with Crippen LogP contribution in [0.4, 0.5) is 0 Å². The lowest BCUT2D eigenvalue weighted by atomic mass is 10.0. The molecule has 0 saturated heterocycles. The fraction of sp³-hybridized carbons (Fsp3) is 0.308. The first kappa shape index (κ1) is 13.6. The molecule has 92 valence electrons. The summed E-state index contributed by atoms with van der Waals surface area (Å²) in [5.41, 5.74) is 2.80. The molecule has 0 saturated carbocycles. The molecule has 3 nitrogen and oxygen atoms in total. The van der Waals surface area contributed by atoms with E-state index in [0.717, 1.165) is 28.5 Å². The van der Waals surface area contributed by atoms with Crippen molar-refractivity contribution < 1.29 is 14.6 Å². The van der Waals surface area contributed by atoms with Gasteiger partial charge in [-0.2, -0.15) is 0 Å². The quantitative estimate of drug-likeness (QED) is 0.840. The summed E-state index contributed by atoms with van der Waals surface area (Å²) in [5, 5.41) is 9.24. The van der Waals surface area contributed by atoms with Crippen LogP contribution in [0.2, 0.25) is 5.02 Å². The first-order valence-electron chi connectivity index (χ1n) is 5.19. The number of carboxylic acids is 1. The summed E-state index contributed by atoms with van der Waals surface area (Å²) in [7, 11) is 1.59. The van der Waals surface area contributed by atoms with E-state index >= 15 is 0 Å². The minimum atomic E-state index is -0.958. The second-order valence-corrected chi connectivity index (χ2v) is 4.14. The molecule has 0 radical (unpaired) electrons. The van der Waals surface area contributed by atoms with Crippen LogP contribution >= 0.6 is 11.6 Å². The van der Waals surface area contributed by atoms with Gasteiger partial charge in [-0.1, -0.05) is 17.7 Å². The van der Waals surface area contributed by atoms with Crippen molar-refractivity contribution in [1.82, 2.24) is 0 Å². The van der Waals surface area contributed by atoms with Gasteiger partial charge in [-0.05, 0) is 37.5 Å². The first-order valence-corrected chi connectivity index (χ1v) is 5.57. The second-order valence-electron chi connectivity index (χ2n) is 3.76. The summed E-state index contributed by atoms with van der Waals surface area (Å²) in [5.74, 6) is -0.223. The highest BCUT2D eigenvalue weighted by atomic mass is 35.5. The van der Waals surface area contributed by atoms with Gasteiger partial charge in [0.05, 0.1) is 7.11 Å². The van der Waals surface area contributed by atoms with Crippen LogP contribution < -0.4 is 4.74 Å². The van der Waals surface area contributed by atoms with Gasteiger partial charge in [0.15, 0.2) is 0 Å². The summed E-state index contributed by atoms with van der Waals surface area (Å²) in [4.78, 5) is 10.4. The largest absolute Gasteiger partial charge is 0.496 e. The highest BCUT2D eigenvalue weighted by Crippen LogP contribution is 2.31. The van der Waals surface area contributed by atoms with Crippen molar-refractivity contribution in [2.75, 3.05) is 7.11 Å². The van der Waals surface area contributed by atoms with E-state index < -0.39 is 5.97 Å². The molecular weight excluding hydrogens is 240 g/mol. The Morgan fingerprint density at radius 2 is 2.18 bits per heavy atom. The zero-order valence-electron chi connectivity index (χ0n) is 10.1.